The fourth-order valence-electron chi connectivity index (χ4n) is 4.62. The molecule has 0 aliphatic rings. The minimum Gasteiger partial charge on any atom is -0.309 e. The van der Waals surface area contributed by atoms with Crippen molar-refractivity contribution in [1.29, 1.82) is 0 Å². The van der Waals surface area contributed by atoms with Gasteiger partial charge in [-0.3, -0.25) is 0 Å². The van der Waals surface area contributed by atoms with Crippen LogP contribution in [0.15, 0.2) is 115 Å². The van der Waals surface area contributed by atoms with E-state index in [-0.39, 0.29) is 5.82 Å². The SMILES string of the molecule is Fc1ccc(-c2ccc(-n3c4ccc(Cl)cc4c4c(-c5ccccc5)cccc43)cc2)cc1. The van der Waals surface area contributed by atoms with Crippen molar-refractivity contribution in [3.8, 4) is 27.9 Å². The van der Waals surface area contributed by atoms with Gasteiger partial charge in [-0.15, -0.1) is 0 Å². The average Bonchev–Trinajstić information content (AvgIpc) is 3.19. The molecule has 6 aromatic rings. The molecule has 0 spiro atoms. The Labute approximate surface area is 196 Å². The summed E-state index contributed by atoms with van der Waals surface area (Å²) < 4.78 is 15.6. The van der Waals surface area contributed by atoms with Crippen LogP contribution in [0.4, 0.5) is 4.39 Å². The number of halogens is 2. The zero-order valence-electron chi connectivity index (χ0n) is 17.7. The lowest BCUT2D eigenvalue weighted by molar-refractivity contribution is 0.628. The largest absolute Gasteiger partial charge is 0.309 e. The lowest BCUT2D eigenvalue weighted by Gasteiger charge is -2.10. The van der Waals surface area contributed by atoms with Gasteiger partial charge in [0.1, 0.15) is 5.82 Å². The van der Waals surface area contributed by atoms with Crippen LogP contribution < -0.4 is 0 Å². The molecule has 0 saturated heterocycles. The molecule has 0 fully saturated rings. The van der Waals surface area contributed by atoms with Gasteiger partial charge < -0.3 is 4.57 Å². The Morgan fingerprint density at radius 2 is 1.27 bits per heavy atom. The van der Waals surface area contributed by atoms with Crippen LogP contribution in [-0.2, 0) is 0 Å². The predicted octanol–water partition coefficient (Wildman–Crippen LogP) is 8.91. The summed E-state index contributed by atoms with van der Waals surface area (Å²) in [6.45, 7) is 0. The van der Waals surface area contributed by atoms with E-state index in [2.05, 4.69) is 83.4 Å². The average molecular weight is 448 g/mol. The molecule has 33 heavy (non-hydrogen) atoms. The maximum Gasteiger partial charge on any atom is 0.123 e. The minimum atomic E-state index is -0.228. The number of hydrogen-bond acceptors (Lipinski definition) is 0. The standard InChI is InChI=1S/C30H19ClFN/c31-23-13-18-28-27(19-23)30-26(22-5-2-1-3-6-22)7-4-8-29(30)33(28)25-16-11-21(12-17-25)20-9-14-24(32)15-10-20/h1-19H. The first-order valence-corrected chi connectivity index (χ1v) is 11.2. The van der Waals surface area contributed by atoms with Crippen molar-refractivity contribution in [2.24, 2.45) is 0 Å². The van der Waals surface area contributed by atoms with Crippen LogP contribution in [0.1, 0.15) is 0 Å². The molecule has 0 amide bonds. The molecular formula is C30H19ClFN. The zero-order valence-corrected chi connectivity index (χ0v) is 18.4. The molecule has 0 aliphatic carbocycles. The maximum absolute atomic E-state index is 13.3. The Kier molecular flexibility index (Phi) is 4.74. The fraction of sp³-hybridized carbons (Fsp3) is 0. The van der Waals surface area contributed by atoms with Gasteiger partial charge in [-0.1, -0.05) is 78.3 Å². The van der Waals surface area contributed by atoms with E-state index in [1.54, 1.807) is 12.1 Å². The molecule has 0 saturated carbocycles. The Morgan fingerprint density at radius 1 is 0.576 bits per heavy atom. The second-order valence-electron chi connectivity index (χ2n) is 8.12. The molecule has 0 atom stereocenters. The number of hydrogen-bond donors (Lipinski definition) is 0. The van der Waals surface area contributed by atoms with Crippen LogP contribution in [0.5, 0.6) is 0 Å². The highest BCUT2D eigenvalue weighted by molar-refractivity contribution is 6.32. The second kappa shape index (κ2) is 7.91. The highest BCUT2D eigenvalue weighted by Crippen LogP contribution is 2.39. The van der Waals surface area contributed by atoms with Gasteiger partial charge in [-0.2, -0.15) is 0 Å². The molecule has 1 heterocycles. The van der Waals surface area contributed by atoms with Crippen molar-refractivity contribution in [1.82, 2.24) is 4.57 Å². The topological polar surface area (TPSA) is 4.93 Å². The monoisotopic (exact) mass is 447 g/mol. The molecule has 5 aromatic carbocycles. The van der Waals surface area contributed by atoms with Gasteiger partial charge in [0.2, 0.25) is 0 Å². The van der Waals surface area contributed by atoms with Crippen LogP contribution in [0, 0.1) is 5.82 Å². The van der Waals surface area contributed by atoms with E-state index in [4.69, 9.17) is 11.6 Å². The molecule has 0 radical (unpaired) electrons. The van der Waals surface area contributed by atoms with Crippen LogP contribution in [0.2, 0.25) is 5.02 Å². The van der Waals surface area contributed by atoms with Crippen LogP contribution in [0.3, 0.4) is 0 Å². The number of aromatic nitrogens is 1. The highest BCUT2D eigenvalue weighted by atomic mass is 35.5. The van der Waals surface area contributed by atoms with Crippen molar-refractivity contribution >= 4 is 33.4 Å². The lowest BCUT2D eigenvalue weighted by Crippen LogP contribution is -1.94. The Morgan fingerprint density at radius 3 is 2.00 bits per heavy atom. The molecule has 0 bridgehead atoms. The molecule has 3 heteroatoms. The van der Waals surface area contributed by atoms with Gasteiger partial charge in [-0.25, -0.2) is 4.39 Å². The molecule has 1 nitrogen and oxygen atoms in total. The summed E-state index contributed by atoms with van der Waals surface area (Å²) in [7, 11) is 0. The van der Waals surface area contributed by atoms with Crippen molar-refractivity contribution in [3.05, 3.63) is 126 Å². The molecular weight excluding hydrogens is 429 g/mol. The van der Waals surface area contributed by atoms with Crippen LogP contribution in [-0.4, -0.2) is 4.57 Å². The summed E-state index contributed by atoms with van der Waals surface area (Å²) in [6, 6.07) is 37.9. The number of rotatable bonds is 3. The minimum absolute atomic E-state index is 0.228. The van der Waals surface area contributed by atoms with E-state index in [1.165, 1.54) is 28.6 Å². The summed E-state index contributed by atoms with van der Waals surface area (Å²) in [5.41, 5.74) is 7.69. The van der Waals surface area contributed by atoms with Gasteiger partial charge >= 0.3 is 0 Å². The van der Waals surface area contributed by atoms with Crippen LogP contribution >= 0.6 is 11.6 Å². The summed E-state index contributed by atoms with van der Waals surface area (Å²) >= 11 is 6.44. The lowest BCUT2D eigenvalue weighted by atomic mass is 9.99. The molecule has 0 unspecified atom stereocenters. The van der Waals surface area contributed by atoms with E-state index in [0.29, 0.717) is 0 Å². The van der Waals surface area contributed by atoms with E-state index in [9.17, 15) is 4.39 Å². The summed E-state index contributed by atoms with van der Waals surface area (Å²) in [6.07, 6.45) is 0. The Hall–Kier alpha value is -3.88. The highest BCUT2D eigenvalue weighted by Gasteiger charge is 2.16. The van der Waals surface area contributed by atoms with E-state index >= 15 is 0 Å². The molecule has 158 valence electrons. The van der Waals surface area contributed by atoms with E-state index in [0.717, 1.165) is 38.3 Å². The quantitative estimate of drug-likeness (QED) is 0.255. The Bertz CT molecular complexity index is 1600. The molecule has 6 rings (SSSR count). The van der Waals surface area contributed by atoms with Crippen molar-refractivity contribution in [2.45, 2.75) is 0 Å². The predicted molar refractivity (Wildman–Crippen MR) is 137 cm³/mol. The second-order valence-corrected chi connectivity index (χ2v) is 8.55. The molecule has 0 N–H and O–H groups in total. The zero-order chi connectivity index (χ0) is 22.4. The first-order valence-electron chi connectivity index (χ1n) is 10.8. The van der Waals surface area contributed by atoms with E-state index in [1.807, 2.05) is 12.1 Å². The Balaban J connectivity index is 1.59. The van der Waals surface area contributed by atoms with Crippen molar-refractivity contribution in [2.75, 3.05) is 0 Å². The fourth-order valence-corrected chi connectivity index (χ4v) is 4.80. The smallest absolute Gasteiger partial charge is 0.123 e. The van der Waals surface area contributed by atoms with E-state index < -0.39 is 0 Å². The number of nitrogens with zero attached hydrogens (tertiary/aromatic N) is 1. The van der Waals surface area contributed by atoms with Gasteiger partial charge in [-0.05, 0) is 70.8 Å². The molecule has 0 aliphatic heterocycles. The third-order valence-corrected chi connectivity index (χ3v) is 6.38. The maximum atomic E-state index is 13.3. The number of fused-ring (bicyclic) bond motifs is 3. The van der Waals surface area contributed by atoms with Crippen LogP contribution in [0.25, 0.3) is 49.7 Å². The summed E-state index contributed by atoms with van der Waals surface area (Å²) in [5.74, 6) is -0.228. The first kappa shape index (κ1) is 19.8. The third kappa shape index (κ3) is 3.40. The summed E-state index contributed by atoms with van der Waals surface area (Å²) in [5, 5.41) is 3.03. The normalized spacial score (nSPS) is 11.3. The van der Waals surface area contributed by atoms with Crippen molar-refractivity contribution in [3.63, 3.8) is 0 Å². The third-order valence-electron chi connectivity index (χ3n) is 6.14. The van der Waals surface area contributed by atoms with Gasteiger partial charge in [0.15, 0.2) is 0 Å². The van der Waals surface area contributed by atoms with Gasteiger partial charge in [0, 0.05) is 21.5 Å². The summed E-state index contributed by atoms with van der Waals surface area (Å²) in [4.78, 5) is 0. The van der Waals surface area contributed by atoms with Gasteiger partial charge in [0.05, 0.1) is 11.0 Å². The van der Waals surface area contributed by atoms with Gasteiger partial charge in [0.25, 0.3) is 0 Å². The van der Waals surface area contributed by atoms with Crippen molar-refractivity contribution < 1.29 is 4.39 Å². The first-order chi connectivity index (χ1) is 16.2. The molecule has 1 aromatic heterocycles. The number of benzene rings is 5.